The fourth-order valence-corrected chi connectivity index (χ4v) is 8.02. The van der Waals surface area contributed by atoms with Crippen molar-refractivity contribution in [1.82, 2.24) is 9.80 Å². The smallest absolute Gasteiger partial charge is 0.303 e. The Balaban J connectivity index is 0.000000201. The van der Waals surface area contributed by atoms with Crippen LogP contribution in [0.4, 0.5) is 0 Å². The van der Waals surface area contributed by atoms with Gasteiger partial charge in [0.2, 0.25) is 0 Å². The Labute approximate surface area is 245 Å². The van der Waals surface area contributed by atoms with Gasteiger partial charge in [0.1, 0.15) is 0 Å². The third-order valence-electron chi connectivity index (χ3n) is 10.3. The summed E-state index contributed by atoms with van der Waals surface area (Å²) >= 11 is 0. The molecule has 3 aliphatic carbocycles. The number of nitrogens with zero attached hydrogens (tertiary/aromatic N) is 2. The highest BCUT2D eigenvalue weighted by molar-refractivity contribution is 5.67. The molecule has 0 bridgehead atoms. The Morgan fingerprint density at radius 1 is 0.775 bits per heavy atom. The van der Waals surface area contributed by atoms with Crippen LogP contribution in [-0.4, -0.2) is 54.1 Å². The first kappa shape index (κ1) is 31.1. The summed E-state index contributed by atoms with van der Waals surface area (Å²) < 4.78 is 0. The molecule has 2 unspecified atom stereocenters. The number of carboxylic acids is 1. The van der Waals surface area contributed by atoms with Gasteiger partial charge in [0.15, 0.2) is 0 Å². The third-order valence-corrected chi connectivity index (χ3v) is 10.3. The fraction of sp³-hybridized carbons (Fsp3) is 0.750. The van der Waals surface area contributed by atoms with Gasteiger partial charge < -0.3 is 14.9 Å². The first-order valence-corrected chi connectivity index (χ1v) is 16.9. The second-order valence-electron chi connectivity index (χ2n) is 13.7. The number of hydrogen-bond donors (Lipinski definition) is 1. The Kier molecular flexibility index (Phi) is 12.9. The molecule has 1 N–H and O–H groups in total. The molecule has 1 aromatic carbocycles. The first-order chi connectivity index (χ1) is 19.5. The van der Waals surface area contributed by atoms with Crippen LogP contribution in [-0.2, 0) is 4.79 Å². The molecule has 1 heterocycles. The number of likely N-dealkylation sites (tertiary alicyclic amines) is 1. The molecule has 5 rings (SSSR count). The Bertz CT molecular complexity index is 859. The summed E-state index contributed by atoms with van der Waals surface area (Å²) in [6.07, 6.45) is 23.5. The predicted molar refractivity (Wildman–Crippen MR) is 168 cm³/mol. The average Bonchev–Trinajstić information content (AvgIpc) is 2.98. The van der Waals surface area contributed by atoms with E-state index in [0.29, 0.717) is 18.3 Å². The number of rotatable bonds is 9. The van der Waals surface area contributed by atoms with Gasteiger partial charge in [-0.3, -0.25) is 4.79 Å². The zero-order valence-electron chi connectivity index (χ0n) is 25.6. The van der Waals surface area contributed by atoms with E-state index in [9.17, 15) is 4.79 Å². The van der Waals surface area contributed by atoms with E-state index in [2.05, 4.69) is 47.7 Å². The molecule has 3 saturated carbocycles. The van der Waals surface area contributed by atoms with Crippen molar-refractivity contribution in [2.45, 2.75) is 121 Å². The predicted octanol–water partition coefficient (Wildman–Crippen LogP) is 8.97. The van der Waals surface area contributed by atoms with E-state index in [1.54, 1.807) is 0 Å². The van der Waals surface area contributed by atoms with Gasteiger partial charge in [-0.05, 0) is 106 Å². The molecule has 4 nitrogen and oxygen atoms in total. The lowest BCUT2D eigenvalue weighted by atomic mass is 9.76. The monoisotopic (exact) mass is 550 g/mol. The van der Waals surface area contributed by atoms with Crippen molar-refractivity contribution >= 4 is 11.7 Å². The Morgan fingerprint density at radius 2 is 1.30 bits per heavy atom. The Morgan fingerprint density at radius 3 is 1.85 bits per heavy atom. The average molecular weight is 551 g/mol. The molecular weight excluding hydrogens is 492 g/mol. The van der Waals surface area contributed by atoms with Crippen LogP contribution in [0.25, 0.3) is 5.70 Å². The van der Waals surface area contributed by atoms with E-state index in [4.69, 9.17) is 5.11 Å². The standard InChI is InChI=1S/C21H29NO2.C15H29N/c1-16(22-12-3-2-4-13-22)18-8-10-19(11-9-18)20-7-5-6-17(14-20)15-21(23)24;1-16(12-14-8-4-2-5-9-14)13-15-10-6-3-7-11-15/h8-11,17,20H,1-7,12-15H2,(H,23,24);14-15H,2-13H2,1H3. The maximum atomic E-state index is 11.0. The van der Waals surface area contributed by atoms with Gasteiger partial charge in [-0.1, -0.05) is 75.8 Å². The molecule has 0 radical (unpaired) electrons. The maximum Gasteiger partial charge on any atom is 0.303 e. The van der Waals surface area contributed by atoms with Gasteiger partial charge in [0.05, 0.1) is 0 Å². The quantitative estimate of drug-likeness (QED) is 0.333. The summed E-state index contributed by atoms with van der Waals surface area (Å²) in [5.74, 6) is 2.23. The minimum Gasteiger partial charge on any atom is -0.481 e. The summed E-state index contributed by atoms with van der Waals surface area (Å²) in [7, 11) is 2.35. The second kappa shape index (κ2) is 16.6. The van der Waals surface area contributed by atoms with E-state index < -0.39 is 5.97 Å². The Hall–Kier alpha value is -1.81. The molecule has 4 heteroatoms. The summed E-state index contributed by atoms with van der Waals surface area (Å²) in [6.45, 7) is 9.29. The zero-order chi connectivity index (χ0) is 28.2. The van der Waals surface area contributed by atoms with Crippen molar-refractivity contribution in [3.8, 4) is 0 Å². The van der Waals surface area contributed by atoms with Crippen LogP contribution >= 0.6 is 0 Å². The van der Waals surface area contributed by atoms with Crippen molar-refractivity contribution < 1.29 is 9.90 Å². The second-order valence-corrected chi connectivity index (χ2v) is 13.7. The number of aliphatic carboxylic acids is 1. The van der Waals surface area contributed by atoms with Gasteiger partial charge in [0, 0.05) is 38.3 Å². The number of benzene rings is 1. The van der Waals surface area contributed by atoms with Crippen molar-refractivity contribution in [3.05, 3.63) is 42.0 Å². The molecule has 4 aliphatic rings. The van der Waals surface area contributed by atoms with Crippen molar-refractivity contribution in [1.29, 1.82) is 0 Å². The fourth-order valence-electron chi connectivity index (χ4n) is 8.02. The molecule has 4 fully saturated rings. The van der Waals surface area contributed by atoms with Crippen molar-refractivity contribution in [3.63, 3.8) is 0 Å². The SMILES string of the molecule is C=C(c1ccc(C2CCCC(CC(=O)O)C2)cc1)N1CCCCC1.CN(CC1CCCCC1)CC1CCCCC1. The van der Waals surface area contributed by atoms with Gasteiger partial charge in [-0.25, -0.2) is 0 Å². The molecule has 1 aliphatic heterocycles. The summed E-state index contributed by atoms with van der Waals surface area (Å²) in [6, 6.07) is 8.87. The molecular formula is C36H58N2O2. The summed E-state index contributed by atoms with van der Waals surface area (Å²) in [5, 5.41) is 9.03. The molecule has 1 aromatic rings. The van der Waals surface area contributed by atoms with E-state index in [0.717, 1.165) is 49.9 Å². The van der Waals surface area contributed by atoms with Crippen LogP contribution in [0.3, 0.4) is 0 Å². The van der Waals surface area contributed by atoms with Gasteiger partial charge in [-0.2, -0.15) is 0 Å². The molecule has 40 heavy (non-hydrogen) atoms. The number of hydrogen-bond acceptors (Lipinski definition) is 3. The number of piperidine rings is 1. The molecule has 0 spiro atoms. The van der Waals surface area contributed by atoms with E-state index in [-0.39, 0.29) is 0 Å². The lowest BCUT2D eigenvalue weighted by Crippen LogP contribution is -2.32. The van der Waals surface area contributed by atoms with Crippen LogP contribution < -0.4 is 0 Å². The molecule has 1 saturated heterocycles. The lowest BCUT2D eigenvalue weighted by Gasteiger charge is -2.31. The normalized spacial score (nSPS) is 24.8. The minimum absolute atomic E-state index is 0.320. The van der Waals surface area contributed by atoms with Gasteiger partial charge in [-0.15, -0.1) is 0 Å². The lowest BCUT2D eigenvalue weighted by molar-refractivity contribution is -0.138. The largest absolute Gasteiger partial charge is 0.481 e. The molecule has 0 amide bonds. The van der Waals surface area contributed by atoms with Crippen LogP contribution in [0.5, 0.6) is 0 Å². The van der Waals surface area contributed by atoms with Crippen LogP contribution in [0.15, 0.2) is 30.8 Å². The zero-order valence-corrected chi connectivity index (χ0v) is 25.6. The van der Waals surface area contributed by atoms with Crippen LogP contribution in [0.2, 0.25) is 0 Å². The third kappa shape index (κ3) is 10.2. The molecule has 224 valence electrons. The number of carbonyl (C=O) groups is 1. The topological polar surface area (TPSA) is 43.8 Å². The molecule has 0 aromatic heterocycles. The van der Waals surface area contributed by atoms with Crippen molar-refractivity contribution in [2.75, 3.05) is 33.2 Å². The van der Waals surface area contributed by atoms with E-state index >= 15 is 0 Å². The highest BCUT2D eigenvalue weighted by atomic mass is 16.4. The van der Waals surface area contributed by atoms with Gasteiger partial charge >= 0.3 is 5.97 Å². The van der Waals surface area contributed by atoms with E-state index in [1.807, 2.05) is 0 Å². The summed E-state index contributed by atoms with van der Waals surface area (Å²) in [4.78, 5) is 16.0. The van der Waals surface area contributed by atoms with E-state index in [1.165, 1.54) is 114 Å². The molecule has 2 atom stereocenters. The highest BCUT2D eigenvalue weighted by Gasteiger charge is 2.25. The minimum atomic E-state index is -0.658. The number of carboxylic acid groups (broad SMARTS) is 1. The first-order valence-electron chi connectivity index (χ1n) is 16.9. The van der Waals surface area contributed by atoms with Crippen LogP contribution in [0, 0.1) is 17.8 Å². The van der Waals surface area contributed by atoms with Gasteiger partial charge in [0.25, 0.3) is 0 Å². The maximum absolute atomic E-state index is 11.0. The summed E-state index contributed by atoms with van der Waals surface area (Å²) in [5.41, 5.74) is 3.73. The van der Waals surface area contributed by atoms with Crippen LogP contribution in [0.1, 0.15) is 133 Å². The van der Waals surface area contributed by atoms with Crippen molar-refractivity contribution in [2.24, 2.45) is 17.8 Å². The highest BCUT2D eigenvalue weighted by Crippen LogP contribution is 2.38.